The van der Waals surface area contributed by atoms with E-state index in [1.165, 1.54) is 0 Å². The van der Waals surface area contributed by atoms with E-state index in [2.05, 4.69) is 39.5 Å². The second-order valence-corrected chi connectivity index (χ2v) is 4.50. The Morgan fingerprint density at radius 1 is 1.50 bits per heavy atom. The minimum atomic E-state index is -0.138. The number of hydrogen-bond donors (Lipinski definition) is 0. The standard InChI is InChI=1S/C9H17NOS/c1-6(2)10-7(3)9(4,5)11-8(10)12/h6-7H,1-5H3/t7-/m0/s1. The summed E-state index contributed by atoms with van der Waals surface area (Å²) in [5.74, 6) is 0. The Hall–Kier alpha value is -0.310. The lowest BCUT2D eigenvalue weighted by atomic mass is 10.00. The molecule has 0 saturated carbocycles. The van der Waals surface area contributed by atoms with Crippen molar-refractivity contribution < 1.29 is 4.74 Å². The van der Waals surface area contributed by atoms with Crippen molar-refractivity contribution >= 4 is 17.4 Å². The molecule has 0 amide bonds. The van der Waals surface area contributed by atoms with Gasteiger partial charge in [0, 0.05) is 6.04 Å². The fraction of sp³-hybridized carbons (Fsp3) is 0.889. The van der Waals surface area contributed by atoms with E-state index in [9.17, 15) is 0 Å². The first-order chi connectivity index (χ1) is 5.36. The minimum Gasteiger partial charge on any atom is -0.463 e. The summed E-state index contributed by atoms with van der Waals surface area (Å²) >= 11 is 5.15. The summed E-state index contributed by atoms with van der Waals surface area (Å²) in [7, 11) is 0. The largest absolute Gasteiger partial charge is 0.463 e. The highest BCUT2D eigenvalue weighted by atomic mass is 32.1. The molecule has 70 valence electrons. The predicted octanol–water partition coefficient (Wildman–Crippen LogP) is 2.18. The van der Waals surface area contributed by atoms with Crippen LogP contribution >= 0.6 is 12.2 Å². The quantitative estimate of drug-likeness (QED) is 0.584. The van der Waals surface area contributed by atoms with Gasteiger partial charge in [-0.1, -0.05) is 0 Å². The molecule has 12 heavy (non-hydrogen) atoms. The molecule has 2 nitrogen and oxygen atoms in total. The van der Waals surface area contributed by atoms with E-state index in [-0.39, 0.29) is 5.60 Å². The molecule has 0 spiro atoms. The normalized spacial score (nSPS) is 28.0. The molecule has 1 heterocycles. The first kappa shape index (κ1) is 9.78. The molecule has 0 unspecified atom stereocenters. The van der Waals surface area contributed by atoms with Crippen LogP contribution in [-0.2, 0) is 4.74 Å². The fourth-order valence-electron chi connectivity index (χ4n) is 1.51. The smallest absolute Gasteiger partial charge is 0.260 e. The van der Waals surface area contributed by atoms with E-state index in [4.69, 9.17) is 17.0 Å². The van der Waals surface area contributed by atoms with Crippen molar-refractivity contribution in [1.29, 1.82) is 0 Å². The summed E-state index contributed by atoms with van der Waals surface area (Å²) in [6.07, 6.45) is 0. The second kappa shape index (κ2) is 2.87. The van der Waals surface area contributed by atoms with Gasteiger partial charge in [-0.05, 0) is 46.8 Å². The van der Waals surface area contributed by atoms with Crippen LogP contribution in [-0.4, -0.2) is 27.8 Å². The first-order valence-corrected chi connectivity index (χ1v) is 4.78. The molecule has 0 aromatic heterocycles. The summed E-state index contributed by atoms with van der Waals surface area (Å²) in [5, 5.41) is 0.641. The third-order valence-electron chi connectivity index (χ3n) is 2.54. The lowest BCUT2D eigenvalue weighted by Crippen LogP contribution is -2.42. The maximum Gasteiger partial charge on any atom is 0.260 e. The van der Waals surface area contributed by atoms with Crippen LogP contribution in [0.1, 0.15) is 34.6 Å². The third-order valence-corrected chi connectivity index (χ3v) is 2.84. The Kier molecular flexibility index (Phi) is 2.34. The third kappa shape index (κ3) is 1.42. The second-order valence-electron chi connectivity index (χ2n) is 4.15. The number of thiocarbonyl (C=S) groups is 1. The SMILES string of the molecule is CC(C)N1C(=S)OC(C)(C)[C@@H]1C. The van der Waals surface area contributed by atoms with Crippen molar-refractivity contribution in [2.45, 2.75) is 52.3 Å². The van der Waals surface area contributed by atoms with E-state index in [1.54, 1.807) is 0 Å². The van der Waals surface area contributed by atoms with Crippen LogP contribution in [0.25, 0.3) is 0 Å². The summed E-state index contributed by atoms with van der Waals surface area (Å²) < 4.78 is 5.59. The van der Waals surface area contributed by atoms with Gasteiger partial charge in [-0.2, -0.15) is 0 Å². The van der Waals surface area contributed by atoms with Crippen LogP contribution in [0.4, 0.5) is 0 Å². The highest BCUT2D eigenvalue weighted by Gasteiger charge is 2.43. The topological polar surface area (TPSA) is 12.5 Å². The monoisotopic (exact) mass is 187 g/mol. The molecule has 0 aromatic rings. The van der Waals surface area contributed by atoms with Gasteiger partial charge < -0.3 is 9.64 Å². The highest BCUT2D eigenvalue weighted by Crippen LogP contribution is 2.30. The molecule has 1 rings (SSSR count). The van der Waals surface area contributed by atoms with Crippen LogP contribution in [0.5, 0.6) is 0 Å². The van der Waals surface area contributed by atoms with Gasteiger partial charge in [-0.15, -0.1) is 0 Å². The van der Waals surface area contributed by atoms with E-state index in [1.807, 2.05) is 0 Å². The number of hydrogen-bond acceptors (Lipinski definition) is 2. The molecule has 1 aliphatic rings. The molecule has 0 aliphatic carbocycles. The van der Waals surface area contributed by atoms with Crippen LogP contribution in [0.3, 0.4) is 0 Å². The molecule has 1 aliphatic heterocycles. The lowest BCUT2D eigenvalue weighted by Gasteiger charge is -2.28. The molecule has 1 saturated heterocycles. The molecular weight excluding hydrogens is 170 g/mol. The van der Waals surface area contributed by atoms with Gasteiger partial charge in [0.05, 0.1) is 6.04 Å². The van der Waals surface area contributed by atoms with E-state index < -0.39 is 0 Å². The van der Waals surface area contributed by atoms with Crippen molar-refractivity contribution in [3.05, 3.63) is 0 Å². The zero-order valence-corrected chi connectivity index (χ0v) is 9.23. The number of rotatable bonds is 1. The molecule has 1 fully saturated rings. The maximum absolute atomic E-state index is 5.59. The zero-order valence-electron chi connectivity index (χ0n) is 8.42. The van der Waals surface area contributed by atoms with Gasteiger partial charge >= 0.3 is 0 Å². The summed E-state index contributed by atoms with van der Waals surface area (Å²) in [4.78, 5) is 2.15. The Balaban J connectivity index is 2.85. The van der Waals surface area contributed by atoms with Crippen molar-refractivity contribution in [1.82, 2.24) is 4.90 Å². The van der Waals surface area contributed by atoms with E-state index >= 15 is 0 Å². The molecule has 1 atom stereocenters. The number of nitrogens with zero attached hydrogens (tertiary/aromatic N) is 1. The zero-order chi connectivity index (χ0) is 9.52. The van der Waals surface area contributed by atoms with Crippen LogP contribution in [0.15, 0.2) is 0 Å². The van der Waals surface area contributed by atoms with Crippen molar-refractivity contribution in [2.75, 3.05) is 0 Å². The molecule has 0 aromatic carbocycles. The molecule has 0 radical (unpaired) electrons. The first-order valence-electron chi connectivity index (χ1n) is 4.37. The molecule has 0 bridgehead atoms. The van der Waals surface area contributed by atoms with E-state index in [0.29, 0.717) is 17.3 Å². The van der Waals surface area contributed by atoms with Crippen molar-refractivity contribution in [3.63, 3.8) is 0 Å². The summed E-state index contributed by atoms with van der Waals surface area (Å²) in [6, 6.07) is 0.791. The van der Waals surface area contributed by atoms with Gasteiger partial charge in [-0.3, -0.25) is 0 Å². The van der Waals surface area contributed by atoms with Crippen molar-refractivity contribution in [3.8, 4) is 0 Å². The number of ether oxygens (including phenoxy) is 1. The average Bonchev–Trinajstić information content (AvgIpc) is 2.02. The Bertz CT molecular complexity index is 201. The Morgan fingerprint density at radius 2 is 2.00 bits per heavy atom. The highest BCUT2D eigenvalue weighted by molar-refractivity contribution is 7.80. The van der Waals surface area contributed by atoms with Crippen molar-refractivity contribution in [2.24, 2.45) is 0 Å². The van der Waals surface area contributed by atoms with Gasteiger partial charge in [-0.25, -0.2) is 0 Å². The Labute approximate surface area is 79.9 Å². The molecule has 0 N–H and O–H groups in total. The van der Waals surface area contributed by atoms with Gasteiger partial charge in [0.1, 0.15) is 5.60 Å². The van der Waals surface area contributed by atoms with Crippen LogP contribution < -0.4 is 0 Å². The summed E-state index contributed by atoms with van der Waals surface area (Å²) in [5.41, 5.74) is -0.138. The Morgan fingerprint density at radius 3 is 2.17 bits per heavy atom. The van der Waals surface area contributed by atoms with E-state index in [0.717, 1.165) is 0 Å². The molecular formula is C9H17NOS. The predicted molar refractivity (Wildman–Crippen MR) is 54.2 cm³/mol. The average molecular weight is 187 g/mol. The van der Waals surface area contributed by atoms with Gasteiger partial charge in [0.25, 0.3) is 5.17 Å². The van der Waals surface area contributed by atoms with Gasteiger partial charge in [0.2, 0.25) is 0 Å². The molecule has 3 heteroatoms. The lowest BCUT2D eigenvalue weighted by molar-refractivity contribution is 0.0979. The minimum absolute atomic E-state index is 0.138. The fourth-order valence-corrected chi connectivity index (χ4v) is 2.10. The maximum atomic E-state index is 5.59. The van der Waals surface area contributed by atoms with Gasteiger partial charge in [0.15, 0.2) is 0 Å². The van der Waals surface area contributed by atoms with Crippen LogP contribution in [0, 0.1) is 0 Å². The van der Waals surface area contributed by atoms with Crippen LogP contribution in [0.2, 0.25) is 0 Å². The summed E-state index contributed by atoms with van der Waals surface area (Å²) in [6.45, 7) is 10.6.